The number of carbonyl (C=O) groups excluding carboxylic acids is 1. The zero-order valence-corrected chi connectivity index (χ0v) is 11.5. The lowest BCUT2D eigenvalue weighted by Gasteiger charge is -2.10. The number of nitrogens with zero attached hydrogens (tertiary/aromatic N) is 3. The maximum atomic E-state index is 11.3. The van der Waals surface area contributed by atoms with Gasteiger partial charge in [-0.1, -0.05) is 6.92 Å². The molecular formula is C12H14N4O2S. The predicted octanol–water partition coefficient (Wildman–Crippen LogP) is 1.94. The van der Waals surface area contributed by atoms with Crippen molar-refractivity contribution in [2.75, 3.05) is 19.0 Å². The zero-order valence-electron chi connectivity index (χ0n) is 10.7. The molecule has 2 aromatic heterocycles. The fourth-order valence-electron chi connectivity index (χ4n) is 1.48. The van der Waals surface area contributed by atoms with Crippen molar-refractivity contribution in [3.8, 4) is 0 Å². The van der Waals surface area contributed by atoms with Crippen LogP contribution in [0.4, 0.5) is 5.82 Å². The summed E-state index contributed by atoms with van der Waals surface area (Å²) in [5.41, 5.74) is 0.189. The van der Waals surface area contributed by atoms with E-state index < -0.39 is 5.97 Å². The second-order valence-electron chi connectivity index (χ2n) is 3.93. The van der Waals surface area contributed by atoms with E-state index in [2.05, 4.69) is 31.9 Å². The monoisotopic (exact) mass is 278 g/mol. The summed E-state index contributed by atoms with van der Waals surface area (Å²) in [6, 6.07) is 0. The van der Waals surface area contributed by atoms with Crippen molar-refractivity contribution in [2.24, 2.45) is 0 Å². The molecule has 7 heteroatoms. The number of ether oxygens (including phenoxy) is 1. The van der Waals surface area contributed by atoms with E-state index >= 15 is 0 Å². The Kier molecular flexibility index (Phi) is 4.40. The fraction of sp³-hybridized carbons (Fsp3) is 0.333. The maximum Gasteiger partial charge on any atom is 0.358 e. The molecule has 1 unspecified atom stereocenters. The molecule has 0 amide bonds. The van der Waals surface area contributed by atoms with E-state index in [0.29, 0.717) is 12.4 Å². The molecule has 2 rings (SSSR count). The normalized spacial score (nSPS) is 11.9. The predicted molar refractivity (Wildman–Crippen MR) is 72.4 cm³/mol. The molecule has 2 heterocycles. The number of hydrogen-bond acceptors (Lipinski definition) is 7. The molecule has 0 spiro atoms. The van der Waals surface area contributed by atoms with E-state index in [1.165, 1.54) is 13.3 Å². The average Bonchev–Trinajstić information content (AvgIpc) is 2.98. The Morgan fingerprint density at radius 3 is 3.05 bits per heavy atom. The van der Waals surface area contributed by atoms with E-state index in [1.807, 2.05) is 5.38 Å². The number of carbonyl (C=O) groups is 1. The highest BCUT2D eigenvalue weighted by Crippen LogP contribution is 2.17. The Hall–Kier alpha value is -2.02. The first-order valence-electron chi connectivity index (χ1n) is 5.74. The summed E-state index contributed by atoms with van der Waals surface area (Å²) < 4.78 is 4.60. The summed E-state index contributed by atoms with van der Waals surface area (Å²) >= 11 is 1.62. The number of anilines is 1. The van der Waals surface area contributed by atoms with Crippen molar-refractivity contribution in [3.63, 3.8) is 0 Å². The van der Waals surface area contributed by atoms with Gasteiger partial charge in [-0.15, -0.1) is 11.3 Å². The number of aromatic nitrogens is 3. The summed E-state index contributed by atoms with van der Waals surface area (Å²) in [5.74, 6) is 0.319. The van der Waals surface area contributed by atoms with Crippen molar-refractivity contribution in [2.45, 2.75) is 12.8 Å². The Morgan fingerprint density at radius 1 is 1.53 bits per heavy atom. The van der Waals surface area contributed by atoms with E-state index in [0.717, 1.165) is 5.01 Å². The number of nitrogens with one attached hydrogen (secondary N) is 1. The molecule has 0 bridgehead atoms. The van der Waals surface area contributed by atoms with Gasteiger partial charge in [-0.05, 0) is 0 Å². The average molecular weight is 278 g/mol. The molecule has 0 aliphatic heterocycles. The first-order valence-corrected chi connectivity index (χ1v) is 6.62. The lowest BCUT2D eigenvalue weighted by molar-refractivity contribution is 0.0593. The van der Waals surface area contributed by atoms with Crippen LogP contribution in [0, 0.1) is 0 Å². The Bertz CT molecular complexity index is 544. The summed E-state index contributed by atoms with van der Waals surface area (Å²) in [5, 5.41) is 6.15. The second kappa shape index (κ2) is 6.24. The lowest BCUT2D eigenvalue weighted by Crippen LogP contribution is -2.13. The van der Waals surface area contributed by atoms with Gasteiger partial charge in [0.15, 0.2) is 5.69 Å². The van der Waals surface area contributed by atoms with Gasteiger partial charge in [0.25, 0.3) is 0 Å². The van der Waals surface area contributed by atoms with Gasteiger partial charge < -0.3 is 10.1 Å². The van der Waals surface area contributed by atoms with Crippen LogP contribution >= 0.6 is 11.3 Å². The van der Waals surface area contributed by atoms with Crippen LogP contribution in [0.15, 0.2) is 24.0 Å². The van der Waals surface area contributed by atoms with Crippen LogP contribution in [0.1, 0.15) is 28.3 Å². The molecule has 0 saturated carbocycles. The third-order valence-electron chi connectivity index (χ3n) is 2.49. The van der Waals surface area contributed by atoms with E-state index in [-0.39, 0.29) is 11.6 Å². The molecule has 0 fully saturated rings. The molecule has 100 valence electrons. The van der Waals surface area contributed by atoms with Crippen LogP contribution in [0.3, 0.4) is 0 Å². The zero-order chi connectivity index (χ0) is 13.7. The molecule has 6 nitrogen and oxygen atoms in total. The quantitative estimate of drug-likeness (QED) is 0.842. The molecule has 2 aromatic rings. The first kappa shape index (κ1) is 13.4. The molecule has 0 saturated heterocycles. The number of esters is 1. The van der Waals surface area contributed by atoms with Gasteiger partial charge >= 0.3 is 5.97 Å². The standard InChI is InChI=1S/C12H14N4O2S/c1-8(11-14-3-4-19-11)5-15-10-7-13-6-9(16-10)12(17)18-2/h3-4,6-8H,5H2,1-2H3,(H,15,16). The van der Waals surface area contributed by atoms with E-state index in [1.54, 1.807) is 23.7 Å². The van der Waals surface area contributed by atoms with Crippen molar-refractivity contribution in [1.82, 2.24) is 15.0 Å². The summed E-state index contributed by atoms with van der Waals surface area (Å²) in [6.45, 7) is 2.75. The SMILES string of the molecule is COC(=O)c1cncc(NCC(C)c2nccs2)n1. The van der Waals surface area contributed by atoms with E-state index in [4.69, 9.17) is 0 Å². The van der Waals surface area contributed by atoms with Gasteiger partial charge in [-0.2, -0.15) is 0 Å². The van der Waals surface area contributed by atoms with Crippen LogP contribution in [-0.4, -0.2) is 34.6 Å². The van der Waals surface area contributed by atoms with Gasteiger partial charge in [0.1, 0.15) is 5.82 Å². The van der Waals surface area contributed by atoms with Crippen molar-refractivity contribution in [1.29, 1.82) is 0 Å². The summed E-state index contributed by atoms with van der Waals surface area (Å²) in [6.07, 6.45) is 4.73. The molecule has 1 atom stereocenters. The highest BCUT2D eigenvalue weighted by atomic mass is 32.1. The van der Waals surface area contributed by atoms with Crippen LogP contribution in [0.25, 0.3) is 0 Å². The van der Waals surface area contributed by atoms with Gasteiger partial charge in [0.05, 0.1) is 24.5 Å². The number of methoxy groups -OCH3 is 1. The fourth-order valence-corrected chi connectivity index (χ4v) is 2.18. The number of hydrogen-bond donors (Lipinski definition) is 1. The third-order valence-corrected chi connectivity index (χ3v) is 3.50. The van der Waals surface area contributed by atoms with Crippen molar-refractivity contribution < 1.29 is 9.53 Å². The van der Waals surface area contributed by atoms with Gasteiger partial charge in [0.2, 0.25) is 0 Å². The van der Waals surface area contributed by atoms with Gasteiger partial charge in [0, 0.05) is 24.0 Å². The Labute approximate surface area is 114 Å². The maximum absolute atomic E-state index is 11.3. The van der Waals surface area contributed by atoms with Crippen molar-refractivity contribution >= 4 is 23.1 Å². The molecule has 19 heavy (non-hydrogen) atoms. The Morgan fingerprint density at radius 2 is 2.37 bits per heavy atom. The van der Waals surface area contributed by atoms with Crippen molar-refractivity contribution in [3.05, 3.63) is 34.7 Å². The van der Waals surface area contributed by atoms with Crippen LogP contribution in [0.2, 0.25) is 0 Å². The molecule has 0 aromatic carbocycles. The minimum absolute atomic E-state index is 0.189. The van der Waals surface area contributed by atoms with Crippen LogP contribution in [-0.2, 0) is 4.74 Å². The smallest absolute Gasteiger partial charge is 0.358 e. The summed E-state index contributed by atoms with van der Waals surface area (Å²) in [7, 11) is 1.31. The second-order valence-corrected chi connectivity index (χ2v) is 4.86. The highest BCUT2D eigenvalue weighted by Gasteiger charge is 2.11. The largest absolute Gasteiger partial charge is 0.464 e. The molecule has 0 aliphatic rings. The molecular weight excluding hydrogens is 264 g/mol. The molecule has 0 aliphatic carbocycles. The van der Waals surface area contributed by atoms with Crippen LogP contribution in [0.5, 0.6) is 0 Å². The summed E-state index contributed by atoms with van der Waals surface area (Å²) in [4.78, 5) is 23.7. The minimum Gasteiger partial charge on any atom is -0.464 e. The molecule has 0 radical (unpaired) electrons. The minimum atomic E-state index is -0.496. The third kappa shape index (κ3) is 3.47. The molecule has 1 N–H and O–H groups in total. The topological polar surface area (TPSA) is 77.0 Å². The first-order chi connectivity index (χ1) is 9.20. The van der Waals surface area contributed by atoms with Gasteiger partial charge in [-0.3, -0.25) is 4.98 Å². The highest BCUT2D eigenvalue weighted by molar-refractivity contribution is 7.09. The van der Waals surface area contributed by atoms with E-state index in [9.17, 15) is 4.79 Å². The van der Waals surface area contributed by atoms with Gasteiger partial charge in [-0.25, -0.2) is 14.8 Å². The number of thiazole rings is 1. The number of rotatable bonds is 5. The lowest BCUT2D eigenvalue weighted by atomic mass is 10.2. The Balaban J connectivity index is 1.98. The van der Waals surface area contributed by atoms with Crippen LogP contribution < -0.4 is 5.32 Å².